The quantitative estimate of drug-likeness (QED) is 0.875. The highest BCUT2D eigenvalue weighted by molar-refractivity contribution is 5.50. The van der Waals surface area contributed by atoms with E-state index < -0.39 is 5.82 Å². The fraction of sp³-hybridized carbons (Fsp3) is 0.438. The van der Waals surface area contributed by atoms with Crippen molar-refractivity contribution in [2.75, 3.05) is 5.73 Å². The highest BCUT2D eigenvalue weighted by Crippen LogP contribution is 2.29. The van der Waals surface area contributed by atoms with Crippen LogP contribution in [0.5, 0.6) is 5.75 Å². The van der Waals surface area contributed by atoms with Gasteiger partial charge in [-0.3, -0.25) is 4.68 Å². The van der Waals surface area contributed by atoms with Gasteiger partial charge < -0.3 is 10.5 Å². The van der Waals surface area contributed by atoms with Crippen molar-refractivity contribution >= 4 is 5.69 Å². The molecule has 0 saturated heterocycles. The summed E-state index contributed by atoms with van der Waals surface area (Å²) >= 11 is 0. The number of hydrogen-bond acceptors (Lipinski definition) is 3. The summed E-state index contributed by atoms with van der Waals surface area (Å²) in [6.45, 7) is 2.09. The lowest BCUT2D eigenvalue weighted by molar-refractivity contribution is 0.283. The van der Waals surface area contributed by atoms with Crippen LogP contribution in [0.4, 0.5) is 10.1 Å². The van der Waals surface area contributed by atoms with Gasteiger partial charge in [0.15, 0.2) is 11.6 Å². The molecule has 1 aliphatic rings. The van der Waals surface area contributed by atoms with Crippen LogP contribution in [0.3, 0.4) is 0 Å². The number of nitrogens with two attached hydrogens (primary N) is 1. The van der Waals surface area contributed by atoms with E-state index in [0.717, 1.165) is 11.3 Å². The molecule has 0 amide bonds. The minimum atomic E-state index is -0.437. The molecule has 2 aromatic rings. The first-order valence-electron chi connectivity index (χ1n) is 7.36. The summed E-state index contributed by atoms with van der Waals surface area (Å²) in [4.78, 5) is 0. The van der Waals surface area contributed by atoms with E-state index in [2.05, 4.69) is 5.10 Å². The van der Waals surface area contributed by atoms with E-state index in [-0.39, 0.29) is 12.4 Å². The van der Waals surface area contributed by atoms with Crippen LogP contribution in [0.1, 0.15) is 43.0 Å². The molecule has 1 heterocycles. The van der Waals surface area contributed by atoms with E-state index in [1.54, 1.807) is 6.07 Å². The molecule has 4 nitrogen and oxygen atoms in total. The number of aromatic nitrogens is 2. The summed E-state index contributed by atoms with van der Waals surface area (Å²) in [5.41, 5.74) is 7.72. The standard InChI is InChI=1S/C16H20FN3O/c1-11-8-16(14(17)9-15(11)18)21-10-12-6-7-20(19-12)13-4-2-3-5-13/h6-9,13H,2-5,10,18H2,1H3. The Labute approximate surface area is 123 Å². The van der Waals surface area contributed by atoms with Gasteiger partial charge in [-0.15, -0.1) is 0 Å². The van der Waals surface area contributed by atoms with Crippen LogP contribution < -0.4 is 10.5 Å². The fourth-order valence-corrected chi connectivity index (χ4v) is 2.76. The van der Waals surface area contributed by atoms with Crippen molar-refractivity contribution in [1.29, 1.82) is 0 Å². The zero-order valence-corrected chi connectivity index (χ0v) is 12.2. The number of nitrogen functional groups attached to an aromatic ring is 1. The van der Waals surface area contributed by atoms with Crippen molar-refractivity contribution in [1.82, 2.24) is 9.78 Å². The van der Waals surface area contributed by atoms with Crippen molar-refractivity contribution < 1.29 is 9.13 Å². The van der Waals surface area contributed by atoms with Gasteiger partial charge in [0.1, 0.15) is 6.61 Å². The summed E-state index contributed by atoms with van der Waals surface area (Å²) in [5.74, 6) is -0.217. The van der Waals surface area contributed by atoms with Crippen molar-refractivity contribution in [3.8, 4) is 5.75 Å². The van der Waals surface area contributed by atoms with Crippen LogP contribution in [0.2, 0.25) is 0 Å². The summed E-state index contributed by atoms with van der Waals surface area (Å²) < 4.78 is 21.3. The van der Waals surface area contributed by atoms with E-state index in [4.69, 9.17) is 10.5 Å². The molecule has 5 heteroatoms. The normalized spacial score (nSPS) is 15.5. The number of ether oxygens (including phenoxy) is 1. The number of benzene rings is 1. The average molecular weight is 289 g/mol. The molecule has 1 aromatic heterocycles. The Morgan fingerprint density at radius 3 is 2.90 bits per heavy atom. The Morgan fingerprint density at radius 1 is 1.38 bits per heavy atom. The van der Waals surface area contributed by atoms with Gasteiger partial charge in [0.2, 0.25) is 0 Å². The highest BCUT2D eigenvalue weighted by atomic mass is 19.1. The Hall–Kier alpha value is -2.04. The maximum atomic E-state index is 13.8. The van der Waals surface area contributed by atoms with Crippen LogP contribution in [0.15, 0.2) is 24.4 Å². The second-order valence-electron chi connectivity index (χ2n) is 5.65. The van der Waals surface area contributed by atoms with Crippen molar-refractivity contribution in [2.24, 2.45) is 0 Å². The number of hydrogen-bond donors (Lipinski definition) is 1. The van der Waals surface area contributed by atoms with Gasteiger partial charge in [-0.25, -0.2) is 4.39 Å². The van der Waals surface area contributed by atoms with Gasteiger partial charge in [-0.05, 0) is 37.5 Å². The first-order valence-corrected chi connectivity index (χ1v) is 7.36. The first kappa shape index (κ1) is 13.9. The smallest absolute Gasteiger partial charge is 0.167 e. The largest absolute Gasteiger partial charge is 0.484 e. The van der Waals surface area contributed by atoms with Gasteiger partial charge in [-0.2, -0.15) is 5.10 Å². The zero-order chi connectivity index (χ0) is 14.8. The second-order valence-corrected chi connectivity index (χ2v) is 5.65. The average Bonchev–Trinajstić information content (AvgIpc) is 3.11. The van der Waals surface area contributed by atoms with Crippen LogP contribution in [-0.4, -0.2) is 9.78 Å². The molecule has 0 atom stereocenters. The Bertz CT molecular complexity index is 632. The molecule has 3 rings (SSSR count). The fourth-order valence-electron chi connectivity index (χ4n) is 2.76. The van der Waals surface area contributed by atoms with E-state index in [1.165, 1.54) is 31.7 Å². The maximum Gasteiger partial charge on any atom is 0.167 e. The second kappa shape index (κ2) is 5.76. The maximum absolute atomic E-state index is 13.8. The first-order chi connectivity index (χ1) is 10.1. The lowest BCUT2D eigenvalue weighted by Crippen LogP contribution is -2.06. The SMILES string of the molecule is Cc1cc(OCc2ccn(C3CCCC3)n2)c(F)cc1N. The van der Waals surface area contributed by atoms with Gasteiger partial charge >= 0.3 is 0 Å². The number of anilines is 1. The van der Waals surface area contributed by atoms with E-state index in [9.17, 15) is 4.39 Å². The van der Waals surface area contributed by atoms with Crippen LogP contribution in [0, 0.1) is 12.7 Å². The molecule has 21 heavy (non-hydrogen) atoms. The Balaban J connectivity index is 1.66. The predicted octanol–water partition coefficient (Wildman–Crippen LogP) is 3.61. The van der Waals surface area contributed by atoms with Crippen LogP contribution in [0.25, 0.3) is 0 Å². The molecule has 0 unspecified atom stereocenters. The molecule has 0 spiro atoms. The van der Waals surface area contributed by atoms with Crippen molar-refractivity contribution in [2.45, 2.75) is 45.3 Å². The van der Waals surface area contributed by atoms with E-state index >= 15 is 0 Å². The lowest BCUT2D eigenvalue weighted by atomic mass is 10.2. The third-order valence-electron chi connectivity index (χ3n) is 4.06. The molecule has 1 aliphatic carbocycles. The van der Waals surface area contributed by atoms with Gasteiger partial charge in [0, 0.05) is 18.0 Å². The molecule has 0 aliphatic heterocycles. The van der Waals surface area contributed by atoms with E-state index in [1.807, 2.05) is 23.9 Å². The minimum Gasteiger partial charge on any atom is -0.484 e. The summed E-state index contributed by atoms with van der Waals surface area (Å²) in [5, 5.41) is 4.52. The molecule has 1 saturated carbocycles. The van der Waals surface area contributed by atoms with Crippen LogP contribution in [-0.2, 0) is 6.61 Å². The van der Waals surface area contributed by atoms with E-state index in [0.29, 0.717) is 11.7 Å². The minimum absolute atomic E-state index is 0.220. The topological polar surface area (TPSA) is 53.1 Å². The zero-order valence-electron chi connectivity index (χ0n) is 12.2. The third-order valence-corrected chi connectivity index (χ3v) is 4.06. The summed E-state index contributed by atoms with van der Waals surface area (Å²) in [7, 11) is 0. The third kappa shape index (κ3) is 3.01. The highest BCUT2D eigenvalue weighted by Gasteiger charge is 2.17. The molecule has 112 valence electrons. The number of aryl methyl sites for hydroxylation is 1. The van der Waals surface area contributed by atoms with Gasteiger partial charge in [0.05, 0.1) is 11.7 Å². The van der Waals surface area contributed by atoms with Crippen molar-refractivity contribution in [3.05, 3.63) is 41.5 Å². The number of halogens is 1. The molecule has 1 aromatic carbocycles. The lowest BCUT2D eigenvalue weighted by Gasteiger charge is -2.10. The molecule has 1 fully saturated rings. The molecular weight excluding hydrogens is 269 g/mol. The van der Waals surface area contributed by atoms with Crippen LogP contribution >= 0.6 is 0 Å². The monoisotopic (exact) mass is 289 g/mol. The molecule has 0 bridgehead atoms. The molecule has 0 radical (unpaired) electrons. The van der Waals surface area contributed by atoms with Gasteiger partial charge in [0.25, 0.3) is 0 Å². The molecular formula is C16H20FN3O. The van der Waals surface area contributed by atoms with Gasteiger partial charge in [-0.1, -0.05) is 12.8 Å². The summed E-state index contributed by atoms with van der Waals surface area (Å²) in [6.07, 6.45) is 6.90. The Morgan fingerprint density at radius 2 is 2.14 bits per heavy atom. The van der Waals surface area contributed by atoms with Crippen molar-refractivity contribution in [3.63, 3.8) is 0 Å². The number of nitrogens with zero attached hydrogens (tertiary/aromatic N) is 2. The Kier molecular flexibility index (Phi) is 3.82. The summed E-state index contributed by atoms with van der Waals surface area (Å²) in [6, 6.07) is 5.36. The number of rotatable bonds is 4. The molecule has 2 N–H and O–H groups in total. The predicted molar refractivity (Wildman–Crippen MR) is 79.6 cm³/mol.